The highest BCUT2D eigenvalue weighted by Crippen LogP contribution is 2.28. The molecule has 0 aliphatic rings. The Morgan fingerprint density at radius 2 is 2.10 bits per heavy atom. The van der Waals surface area contributed by atoms with E-state index in [9.17, 15) is 0 Å². The summed E-state index contributed by atoms with van der Waals surface area (Å²) in [6.07, 6.45) is 2.18. The van der Waals surface area contributed by atoms with Crippen LogP contribution >= 0.6 is 27.3 Å². The highest BCUT2D eigenvalue weighted by molar-refractivity contribution is 9.10. The molecule has 0 bridgehead atoms. The number of nitrogens with one attached hydrogen (secondary N) is 1. The van der Waals surface area contributed by atoms with Gasteiger partial charge in [0, 0.05) is 29.5 Å². The van der Waals surface area contributed by atoms with Crippen LogP contribution in [0.3, 0.4) is 0 Å². The number of nitrogens with zero attached hydrogens (tertiary/aromatic N) is 2. The summed E-state index contributed by atoms with van der Waals surface area (Å²) < 4.78 is 1.15. The van der Waals surface area contributed by atoms with Crippen LogP contribution in [0.1, 0.15) is 29.5 Å². The quantitative estimate of drug-likeness (QED) is 0.793. The van der Waals surface area contributed by atoms with Gasteiger partial charge in [-0.05, 0) is 25.1 Å². The molecule has 3 nitrogen and oxygen atoms in total. The molecule has 1 aromatic heterocycles. The van der Waals surface area contributed by atoms with E-state index in [1.807, 2.05) is 13.1 Å². The van der Waals surface area contributed by atoms with Crippen molar-refractivity contribution in [3.8, 4) is 0 Å². The molecule has 0 atom stereocenters. The summed E-state index contributed by atoms with van der Waals surface area (Å²) in [6, 6.07) is 8.35. The minimum Gasteiger partial charge on any atom is -0.347 e. The van der Waals surface area contributed by atoms with E-state index >= 15 is 0 Å². The van der Waals surface area contributed by atoms with E-state index in [1.54, 1.807) is 11.3 Å². The summed E-state index contributed by atoms with van der Waals surface area (Å²) >= 11 is 5.41. The standard InChI is InChI=1S/C16H22BrN3S/c1-4-7-14-15(10-18-2)21-16(19-14)20(3)11-12-8-5-6-9-13(12)17/h5-6,8-9,18H,4,7,10-11H2,1-3H3. The second kappa shape index (κ2) is 7.92. The fourth-order valence-electron chi connectivity index (χ4n) is 2.21. The van der Waals surface area contributed by atoms with Crippen molar-refractivity contribution in [3.63, 3.8) is 0 Å². The molecule has 114 valence electrons. The molecular formula is C16H22BrN3S. The summed E-state index contributed by atoms with van der Waals surface area (Å²) in [4.78, 5) is 8.41. The summed E-state index contributed by atoms with van der Waals surface area (Å²) in [5, 5.41) is 4.33. The van der Waals surface area contributed by atoms with Crippen molar-refractivity contribution in [1.82, 2.24) is 10.3 Å². The number of rotatable bonds is 7. The van der Waals surface area contributed by atoms with E-state index in [1.165, 1.54) is 16.1 Å². The van der Waals surface area contributed by atoms with Gasteiger partial charge in [-0.15, -0.1) is 11.3 Å². The highest BCUT2D eigenvalue weighted by Gasteiger charge is 2.14. The van der Waals surface area contributed by atoms with Crippen molar-refractivity contribution in [3.05, 3.63) is 44.9 Å². The third kappa shape index (κ3) is 4.28. The lowest BCUT2D eigenvalue weighted by atomic mass is 10.2. The monoisotopic (exact) mass is 367 g/mol. The van der Waals surface area contributed by atoms with Gasteiger partial charge in [0.1, 0.15) is 0 Å². The first-order valence-electron chi connectivity index (χ1n) is 7.23. The van der Waals surface area contributed by atoms with Gasteiger partial charge in [0.2, 0.25) is 0 Å². The number of aryl methyl sites for hydroxylation is 1. The van der Waals surface area contributed by atoms with Gasteiger partial charge in [0.05, 0.1) is 5.69 Å². The number of hydrogen-bond donors (Lipinski definition) is 1. The van der Waals surface area contributed by atoms with Crippen molar-refractivity contribution in [2.75, 3.05) is 19.0 Å². The zero-order valence-corrected chi connectivity index (χ0v) is 15.2. The number of thiazole rings is 1. The first-order chi connectivity index (χ1) is 10.2. The Morgan fingerprint density at radius 1 is 1.33 bits per heavy atom. The summed E-state index contributed by atoms with van der Waals surface area (Å²) in [5.41, 5.74) is 2.52. The third-order valence-electron chi connectivity index (χ3n) is 3.28. The highest BCUT2D eigenvalue weighted by atomic mass is 79.9. The molecule has 0 saturated heterocycles. The molecule has 0 aliphatic carbocycles. The Morgan fingerprint density at radius 3 is 2.76 bits per heavy atom. The largest absolute Gasteiger partial charge is 0.347 e. The zero-order valence-electron chi connectivity index (χ0n) is 12.8. The predicted octanol–water partition coefficient (Wildman–Crippen LogP) is 4.21. The first-order valence-corrected chi connectivity index (χ1v) is 8.84. The molecule has 0 amide bonds. The van der Waals surface area contributed by atoms with Gasteiger partial charge in [0.15, 0.2) is 5.13 Å². The Balaban J connectivity index is 2.17. The molecule has 1 aromatic carbocycles. The van der Waals surface area contributed by atoms with Gasteiger partial charge in [0.25, 0.3) is 0 Å². The van der Waals surface area contributed by atoms with Gasteiger partial charge >= 0.3 is 0 Å². The molecular weight excluding hydrogens is 346 g/mol. The van der Waals surface area contributed by atoms with E-state index in [0.29, 0.717) is 0 Å². The maximum absolute atomic E-state index is 4.83. The maximum Gasteiger partial charge on any atom is 0.185 e. The Hall–Kier alpha value is -0.910. The average molecular weight is 368 g/mol. The van der Waals surface area contributed by atoms with Crippen LogP contribution in [-0.4, -0.2) is 19.1 Å². The lowest BCUT2D eigenvalue weighted by Gasteiger charge is -2.16. The van der Waals surface area contributed by atoms with Crippen molar-refractivity contribution < 1.29 is 0 Å². The molecule has 0 aliphatic heterocycles. The van der Waals surface area contributed by atoms with Crippen LogP contribution < -0.4 is 10.2 Å². The molecule has 0 radical (unpaired) electrons. The second-order valence-corrected chi connectivity index (χ2v) is 7.01. The Kier molecular flexibility index (Phi) is 6.21. The van der Waals surface area contributed by atoms with Crippen LogP contribution in [0.2, 0.25) is 0 Å². The van der Waals surface area contributed by atoms with Crippen LogP contribution in [0.25, 0.3) is 0 Å². The van der Waals surface area contributed by atoms with E-state index < -0.39 is 0 Å². The van der Waals surface area contributed by atoms with E-state index in [0.717, 1.165) is 35.5 Å². The fourth-order valence-corrected chi connectivity index (χ4v) is 3.70. The van der Waals surface area contributed by atoms with Crippen molar-refractivity contribution in [1.29, 1.82) is 0 Å². The molecule has 1 heterocycles. The normalized spacial score (nSPS) is 10.9. The lowest BCUT2D eigenvalue weighted by molar-refractivity contribution is 0.796. The number of aromatic nitrogens is 1. The number of halogens is 1. The lowest BCUT2D eigenvalue weighted by Crippen LogP contribution is -2.16. The number of benzene rings is 1. The van der Waals surface area contributed by atoms with Crippen LogP contribution in [0.5, 0.6) is 0 Å². The van der Waals surface area contributed by atoms with Gasteiger partial charge in [-0.25, -0.2) is 4.98 Å². The van der Waals surface area contributed by atoms with E-state index in [4.69, 9.17) is 4.98 Å². The van der Waals surface area contributed by atoms with Crippen LogP contribution in [0.4, 0.5) is 5.13 Å². The van der Waals surface area contributed by atoms with E-state index in [2.05, 4.69) is 58.3 Å². The predicted molar refractivity (Wildman–Crippen MR) is 95.1 cm³/mol. The maximum atomic E-state index is 4.83. The minimum atomic E-state index is 0.861. The summed E-state index contributed by atoms with van der Waals surface area (Å²) in [7, 11) is 4.09. The smallest absolute Gasteiger partial charge is 0.185 e. The van der Waals surface area contributed by atoms with Crippen LogP contribution in [0, 0.1) is 0 Å². The Labute approximate surface area is 139 Å². The second-order valence-electron chi connectivity index (χ2n) is 5.09. The molecule has 0 spiro atoms. The summed E-state index contributed by atoms with van der Waals surface area (Å²) in [6.45, 7) is 3.96. The van der Waals surface area contributed by atoms with Crippen LogP contribution in [0.15, 0.2) is 28.7 Å². The molecule has 0 saturated carbocycles. The third-order valence-corrected chi connectivity index (χ3v) is 5.27. The molecule has 0 unspecified atom stereocenters. The number of hydrogen-bond acceptors (Lipinski definition) is 4. The minimum absolute atomic E-state index is 0.861. The SMILES string of the molecule is CCCc1nc(N(C)Cc2ccccc2Br)sc1CNC. The average Bonchev–Trinajstić information content (AvgIpc) is 2.86. The van der Waals surface area contributed by atoms with Crippen molar-refractivity contribution in [2.24, 2.45) is 0 Å². The van der Waals surface area contributed by atoms with Crippen LogP contribution in [-0.2, 0) is 19.5 Å². The first kappa shape index (κ1) is 16.5. The van der Waals surface area contributed by atoms with Gasteiger partial charge in [-0.3, -0.25) is 0 Å². The van der Waals surface area contributed by atoms with Crippen molar-refractivity contribution >= 4 is 32.4 Å². The molecule has 21 heavy (non-hydrogen) atoms. The molecule has 1 N–H and O–H groups in total. The number of anilines is 1. The van der Waals surface area contributed by atoms with Gasteiger partial charge in [-0.2, -0.15) is 0 Å². The van der Waals surface area contributed by atoms with E-state index in [-0.39, 0.29) is 0 Å². The van der Waals surface area contributed by atoms with Gasteiger partial charge in [-0.1, -0.05) is 47.5 Å². The van der Waals surface area contributed by atoms with Crippen molar-refractivity contribution in [2.45, 2.75) is 32.9 Å². The Bertz CT molecular complexity index is 559. The molecule has 2 aromatic rings. The molecule has 5 heteroatoms. The fraction of sp³-hybridized carbons (Fsp3) is 0.438. The molecule has 0 fully saturated rings. The van der Waals surface area contributed by atoms with Gasteiger partial charge < -0.3 is 10.2 Å². The molecule has 2 rings (SSSR count). The topological polar surface area (TPSA) is 28.2 Å². The zero-order chi connectivity index (χ0) is 15.2. The summed E-state index contributed by atoms with van der Waals surface area (Å²) in [5.74, 6) is 0.